The van der Waals surface area contributed by atoms with Crippen LogP contribution in [0.15, 0.2) is 0 Å². The first-order valence-electron chi connectivity index (χ1n) is 3.29. The summed E-state index contributed by atoms with van der Waals surface area (Å²) in [7, 11) is 0. The van der Waals surface area contributed by atoms with Gasteiger partial charge in [0.15, 0.2) is 0 Å². The number of aliphatic hydroxyl groups is 1. The van der Waals surface area contributed by atoms with Crippen molar-refractivity contribution in [2.75, 3.05) is 13.3 Å². The average molecular weight is 165 g/mol. The second-order valence-electron chi connectivity index (χ2n) is 2.00. The second-order valence-corrected chi connectivity index (χ2v) is 2.00. The molecule has 0 aromatic heterocycles. The zero-order valence-electron chi connectivity index (χ0n) is 6.29. The highest BCUT2D eigenvalue weighted by Crippen LogP contribution is 1.94. The van der Waals surface area contributed by atoms with Crippen LogP contribution in [0.4, 0.5) is 4.39 Å². The van der Waals surface area contributed by atoms with E-state index >= 15 is 0 Å². The van der Waals surface area contributed by atoms with E-state index in [1.807, 2.05) is 0 Å². The van der Waals surface area contributed by atoms with Crippen molar-refractivity contribution in [1.29, 1.82) is 0 Å². The van der Waals surface area contributed by atoms with E-state index in [1.54, 1.807) is 6.92 Å². The van der Waals surface area contributed by atoms with Gasteiger partial charge in [-0.1, -0.05) is 0 Å². The van der Waals surface area contributed by atoms with E-state index in [-0.39, 0.29) is 6.61 Å². The molecule has 0 saturated carbocycles. The number of carbonyl (C=O) groups is 1. The van der Waals surface area contributed by atoms with Crippen LogP contribution < -0.4 is 5.73 Å². The molecule has 0 amide bonds. The summed E-state index contributed by atoms with van der Waals surface area (Å²) in [6, 6.07) is -1.28. The summed E-state index contributed by atoms with van der Waals surface area (Å²) in [5, 5.41) is 8.72. The van der Waals surface area contributed by atoms with Crippen molar-refractivity contribution in [1.82, 2.24) is 0 Å². The maximum Gasteiger partial charge on any atom is 0.325 e. The summed E-state index contributed by atoms with van der Waals surface area (Å²) in [6.07, 6.45) is -1.46. The van der Waals surface area contributed by atoms with Gasteiger partial charge in [0.1, 0.15) is 18.8 Å². The van der Waals surface area contributed by atoms with Crippen molar-refractivity contribution in [3.63, 3.8) is 0 Å². The van der Waals surface area contributed by atoms with Crippen LogP contribution in [0.2, 0.25) is 0 Å². The molecule has 0 radical (unpaired) electrons. The summed E-state index contributed by atoms with van der Waals surface area (Å²) in [5.74, 6) is -0.780. The van der Waals surface area contributed by atoms with Crippen LogP contribution in [0, 0.1) is 0 Å². The Labute approximate surface area is 64.1 Å². The predicted octanol–water partition coefficient (Wildman–Crippen LogP) is -0.793. The minimum absolute atomic E-state index is 0.172. The molecule has 0 fully saturated rings. The van der Waals surface area contributed by atoms with Crippen molar-refractivity contribution in [2.45, 2.75) is 19.1 Å². The monoisotopic (exact) mass is 165 g/mol. The van der Waals surface area contributed by atoms with E-state index in [9.17, 15) is 9.18 Å². The number of hydrogen-bond acceptors (Lipinski definition) is 4. The van der Waals surface area contributed by atoms with E-state index in [2.05, 4.69) is 4.74 Å². The zero-order chi connectivity index (χ0) is 8.85. The van der Waals surface area contributed by atoms with Gasteiger partial charge >= 0.3 is 5.97 Å². The van der Waals surface area contributed by atoms with Gasteiger partial charge in [0.2, 0.25) is 0 Å². The summed E-state index contributed by atoms with van der Waals surface area (Å²) in [4.78, 5) is 10.7. The lowest BCUT2D eigenvalue weighted by molar-refractivity contribution is -0.147. The van der Waals surface area contributed by atoms with Gasteiger partial charge in [0.05, 0.1) is 6.61 Å². The van der Waals surface area contributed by atoms with Crippen LogP contribution in [0.1, 0.15) is 6.92 Å². The molecule has 0 aromatic carbocycles. The Morgan fingerprint density at radius 1 is 1.82 bits per heavy atom. The van der Waals surface area contributed by atoms with Gasteiger partial charge in [-0.3, -0.25) is 4.79 Å². The standard InChI is InChI=1S/C6H12FNO3/c1-2-11-6(10)5(8)4(9)3-7/h4-5,9H,2-3,8H2,1H3/t4-,5-/m0/s1. The molecule has 0 heterocycles. The topological polar surface area (TPSA) is 72.5 Å². The Balaban J connectivity index is 3.80. The number of rotatable bonds is 4. The highest BCUT2D eigenvalue weighted by molar-refractivity contribution is 5.76. The first kappa shape index (κ1) is 10.3. The van der Waals surface area contributed by atoms with E-state index < -0.39 is 24.8 Å². The minimum Gasteiger partial charge on any atom is -0.465 e. The number of alkyl halides is 1. The van der Waals surface area contributed by atoms with Crippen LogP contribution >= 0.6 is 0 Å². The number of esters is 1. The molecule has 0 unspecified atom stereocenters. The molecule has 0 aliphatic rings. The molecule has 0 spiro atoms. The van der Waals surface area contributed by atoms with Gasteiger partial charge in [-0.15, -0.1) is 0 Å². The SMILES string of the molecule is CCOC(=O)[C@@H](N)[C@@H](O)CF. The third kappa shape index (κ3) is 3.29. The molecule has 4 nitrogen and oxygen atoms in total. The third-order valence-corrected chi connectivity index (χ3v) is 1.13. The Morgan fingerprint density at radius 2 is 2.36 bits per heavy atom. The van der Waals surface area contributed by atoms with Gasteiger partial charge in [0.25, 0.3) is 0 Å². The van der Waals surface area contributed by atoms with Crippen molar-refractivity contribution < 1.29 is 19.0 Å². The quantitative estimate of drug-likeness (QED) is 0.535. The van der Waals surface area contributed by atoms with Crippen molar-refractivity contribution in [3.05, 3.63) is 0 Å². The molecular formula is C6H12FNO3. The molecule has 5 heteroatoms. The number of hydrogen-bond donors (Lipinski definition) is 2. The van der Waals surface area contributed by atoms with E-state index in [0.717, 1.165) is 0 Å². The fourth-order valence-electron chi connectivity index (χ4n) is 0.492. The molecule has 0 aliphatic heterocycles. The largest absolute Gasteiger partial charge is 0.465 e. The van der Waals surface area contributed by atoms with Crippen LogP contribution in [-0.4, -0.2) is 36.5 Å². The summed E-state index contributed by atoms with van der Waals surface area (Å²) >= 11 is 0. The van der Waals surface area contributed by atoms with Gasteiger partial charge in [-0.2, -0.15) is 0 Å². The van der Waals surface area contributed by atoms with Gasteiger partial charge < -0.3 is 15.6 Å². The average Bonchev–Trinajstić information content (AvgIpc) is 2.02. The Bertz CT molecular complexity index is 131. The molecular weight excluding hydrogens is 153 g/mol. The highest BCUT2D eigenvalue weighted by atomic mass is 19.1. The maximum atomic E-state index is 11.7. The number of ether oxygens (including phenoxy) is 1. The number of nitrogens with two attached hydrogens (primary N) is 1. The van der Waals surface area contributed by atoms with E-state index in [1.165, 1.54) is 0 Å². The molecule has 11 heavy (non-hydrogen) atoms. The molecule has 0 bridgehead atoms. The van der Waals surface area contributed by atoms with Crippen molar-refractivity contribution in [3.8, 4) is 0 Å². The fraction of sp³-hybridized carbons (Fsp3) is 0.833. The van der Waals surface area contributed by atoms with Gasteiger partial charge in [0, 0.05) is 0 Å². The summed E-state index contributed by atoms with van der Waals surface area (Å²) in [5.41, 5.74) is 5.09. The lowest BCUT2D eigenvalue weighted by Gasteiger charge is -2.13. The molecule has 0 saturated heterocycles. The highest BCUT2D eigenvalue weighted by Gasteiger charge is 2.23. The van der Waals surface area contributed by atoms with E-state index in [0.29, 0.717) is 0 Å². The normalized spacial score (nSPS) is 15.6. The Hall–Kier alpha value is -0.680. The number of halogens is 1. The van der Waals surface area contributed by atoms with Crippen LogP contribution in [0.3, 0.4) is 0 Å². The molecule has 66 valence electrons. The minimum atomic E-state index is -1.46. The smallest absolute Gasteiger partial charge is 0.325 e. The first-order chi connectivity index (χ1) is 5.13. The Morgan fingerprint density at radius 3 is 2.73 bits per heavy atom. The maximum absolute atomic E-state index is 11.7. The van der Waals surface area contributed by atoms with Crippen LogP contribution in [-0.2, 0) is 9.53 Å². The second kappa shape index (κ2) is 5.03. The van der Waals surface area contributed by atoms with Crippen molar-refractivity contribution in [2.24, 2.45) is 5.73 Å². The van der Waals surface area contributed by atoms with Crippen LogP contribution in [0.25, 0.3) is 0 Å². The molecule has 0 rings (SSSR count). The molecule has 0 aliphatic carbocycles. The molecule has 2 atom stereocenters. The molecule has 3 N–H and O–H groups in total. The van der Waals surface area contributed by atoms with Crippen molar-refractivity contribution >= 4 is 5.97 Å². The van der Waals surface area contributed by atoms with Gasteiger partial charge in [-0.05, 0) is 6.92 Å². The zero-order valence-corrected chi connectivity index (χ0v) is 6.29. The number of aliphatic hydroxyl groups excluding tert-OH is 1. The fourth-order valence-corrected chi connectivity index (χ4v) is 0.492. The third-order valence-electron chi connectivity index (χ3n) is 1.13. The van der Waals surface area contributed by atoms with Crippen LogP contribution in [0.5, 0.6) is 0 Å². The lowest BCUT2D eigenvalue weighted by Crippen LogP contribution is -2.44. The lowest BCUT2D eigenvalue weighted by atomic mass is 10.2. The van der Waals surface area contributed by atoms with Gasteiger partial charge in [-0.25, -0.2) is 4.39 Å². The van der Waals surface area contributed by atoms with E-state index in [4.69, 9.17) is 10.8 Å². The Kier molecular flexibility index (Phi) is 4.72. The first-order valence-corrected chi connectivity index (χ1v) is 3.29. The predicted molar refractivity (Wildman–Crippen MR) is 36.6 cm³/mol. The summed E-state index contributed by atoms with van der Waals surface area (Å²) in [6.45, 7) is 0.734. The number of carbonyl (C=O) groups excluding carboxylic acids is 1. The molecule has 0 aromatic rings. The summed E-state index contributed by atoms with van der Waals surface area (Å²) < 4.78 is 16.1.